The molecule has 2 N–H and O–H groups in total. The average molecular weight is 291 g/mol. The van der Waals surface area contributed by atoms with Gasteiger partial charge in [0.15, 0.2) is 0 Å². The Morgan fingerprint density at radius 2 is 2.00 bits per heavy atom. The van der Waals surface area contributed by atoms with Crippen molar-refractivity contribution in [2.24, 2.45) is 0 Å². The van der Waals surface area contributed by atoms with Gasteiger partial charge in [-0.3, -0.25) is 0 Å². The molecule has 0 spiro atoms. The number of hydrogen-bond donors (Lipinski definition) is 2. The topological polar surface area (TPSA) is 61.4 Å². The lowest BCUT2D eigenvalue weighted by molar-refractivity contribution is 0.309. The lowest BCUT2D eigenvalue weighted by atomic mass is 10.0. The van der Waals surface area contributed by atoms with E-state index in [9.17, 15) is 8.42 Å². The number of rotatable bonds is 9. The zero-order valence-electron chi connectivity index (χ0n) is 12.3. The van der Waals surface area contributed by atoms with Gasteiger partial charge in [0.1, 0.15) is 0 Å². The van der Waals surface area contributed by atoms with Crippen molar-refractivity contribution < 1.29 is 8.42 Å². The van der Waals surface area contributed by atoms with Gasteiger partial charge in [-0.1, -0.05) is 20.3 Å². The summed E-state index contributed by atoms with van der Waals surface area (Å²) in [5.41, 5.74) is 0. The van der Waals surface area contributed by atoms with Gasteiger partial charge in [0, 0.05) is 19.1 Å². The van der Waals surface area contributed by atoms with Crippen LogP contribution in [0.2, 0.25) is 0 Å². The van der Waals surface area contributed by atoms with Crippen LogP contribution in [0.25, 0.3) is 0 Å². The van der Waals surface area contributed by atoms with E-state index >= 15 is 0 Å². The zero-order valence-corrected chi connectivity index (χ0v) is 13.1. The maximum absolute atomic E-state index is 11.9. The van der Waals surface area contributed by atoms with Crippen molar-refractivity contribution in [3.05, 3.63) is 0 Å². The predicted octanol–water partition coefficient (Wildman–Crippen LogP) is 0.780. The van der Waals surface area contributed by atoms with Crippen molar-refractivity contribution in [3.8, 4) is 0 Å². The summed E-state index contributed by atoms with van der Waals surface area (Å²) in [5, 5.41) is 3.38. The van der Waals surface area contributed by atoms with Crippen LogP contribution in [-0.2, 0) is 10.0 Å². The molecule has 1 rings (SSSR count). The van der Waals surface area contributed by atoms with E-state index in [2.05, 4.69) is 28.8 Å². The largest absolute Gasteiger partial charge is 0.314 e. The molecule has 0 radical (unpaired) electrons. The summed E-state index contributed by atoms with van der Waals surface area (Å²) >= 11 is 0. The maximum Gasteiger partial charge on any atom is 0.211 e. The van der Waals surface area contributed by atoms with Gasteiger partial charge >= 0.3 is 0 Å². The maximum atomic E-state index is 11.9. The second-order valence-corrected chi connectivity index (χ2v) is 7.10. The third-order valence-electron chi connectivity index (χ3n) is 3.79. The molecule has 0 amide bonds. The molecule has 1 saturated heterocycles. The van der Waals surface area contributed by atoms with Crippen molar-refractivity contribution in [2.45, 2.75) is 45.6 Å². The quantitative estimate of drug-likeness (QED) is 0.659. The van der Waals surface area contributed by atoms with Gasteiger partial charge in [0.05, 0.1) is 5.75 Å². The smallest absolute Gasteiger partial charge is 0.211 e. The van der Waals surface area contributed by atoms with Gasteiger partial charge in [-0.2, -0.15) is 0 Å². The lowest BCUT2D eigenvalue weighted by Crippen LogP contribution is -2.39. The SMILES string of the molecule is CCN(CC)CCNS(=O)(=O)CCC1CCCCN1. The Bertz CT molecular complexity index is 323. The summed E-state index contributed by atoms with van der Waals surface area (Å²) in [5.74, 6) is 0.239. The van der Waals surface area contributed by atoms with E-state index in [0.717, 1.165) is 39.0 Å². The van der Waals surface area contributed by atoms with Crippen LogP contribution in [-0.4, -0.2) is 57.8 Å². The van der Waals surface area contributed by atoms with E-state index in [1.54, 1.807) is 0 Å². The van der Waals surface area contributed by atoms with Crippen LogP contribution >= 0.6 is 0 Å². The second kappa shape index (κ2) is 8.89. The Hall–Kier alpha value is -0.170. The normalized spacial score (nSPS) is 20.9. The van der Waals surface area contributed by atoms with Crippen LogP contribution in [0.5, 0.6) is 0 Å². The van der Waals surface area contributed by atoms with Crippen LogP contribution < -0.4 is 10.0 Å². The fourth-order valence-corrected chi connectivity index (χ4v) is 3.58. The molecule has 0 aliphatic carbocycles. The first-order valence-electron chi connectivity index (χ1n) is 7.50. The molecular weight excluding hydrogens is 262 g/mol. The minimum Gasteiger partial charge on any atom is -0.314 e. The highest BCUT2D eigenvalue weighted by atomic mass is 32.2. The molecular formula is C13H29N3O2S. The van der Waals surface area contributed by atoms with Crippen molar-refractivity contribution in [1.29, 1.82) is 0 Å². The first-order chi connectivity index (χ1) is 9.07. The molecule has 6 heteroatoms. The van der Waals surface area contributed by atoms with Gasteiger partial charge < -0.3 is 10.2 Å². The van der Waals surface area contributed by atoms with Crippen LogP contribution in [0.15, 0.2) is 0 Å². The van der Waals surface area contributed by atoms with Crippen molar-refractivity contribution in [2.75, 3.05) is 38.5 Å². The molecule has 1 heterocycles. The fourth-order valence-electron chi connectivity index (χ4n) is 2.44. The van der Waals surface area contributed by atoms with E-state index in [0.29, 0.717) is 12.6 Å². The summed E-state index contributed by atoms with van der Waals surface area (Å²) in [4.78, 5) is 2.21. The van der Waals surface area contributed by atoms with E-state index in [1.165, 1.54) is 12.8 Å². The molecule has 1 atom stereocenters. The number of nitrogens with zero attached hydrogens (tertiary/aromatic N) is 1. The molecule has 0 aromatic rings. The van der Waals surface area contributed by atoms with Crippen molar-refractivity contribution >= 4 is 10.0 Å². The average Bonchev–Trinajstić information content (AvgIpc) is 2.43. The molecule has 0 aromatic heterocycles. The predicted molar refractivity (Wildman–Crippen MR) is 79.8 cm³/mol. The summed E-state index contributed by atoms with van der Waals surface area (Å²) in [6.45, 7) is 8.43. The molecule has 114 valence electrons. The first-order valence-corrected chi connectivity index (χ1v) is 9.15. The highest BCUT2D eigenvalue weighted by Crippen LogP contribution is 2.10. The molecule has 5 nitrogen and oxygen atoms in total. The minimum atomic E-state index is -3.11. The number of sulfonamides is 1. The van der Waals surface area contributed by atoms with E-state index in [4.69, 9.17) is 0 Å². The number of nitrogens with one attached hydrogen (secondary N) is 2. The molecule has 0 saturated carbocycles. The molecule has 1 unspecified atom stereocenters. The first kappa shape index (κ1) is 16.9. The van der Waals surface area contributed by atoms with Crippen LogP contribution in [0.4, 0.5) is 0 Å². The highest BCUT2D eigenvalue weighted by Gasteiger charge is 2.17. The Labute approximate surface area is 118 Å². The van der Waals surface area contributed by atoms with Gasteiger partial charge in [-0.05, 0) is 38.9 Å². The molecule has 1 fully saturated rings. The number of likely N-dealkylation sites (N-methyl/N-ethyl adjacent to an activating group) is 1. The van der Waals surface area contributed by atoms with Crippen LogP contribution in [0.3, 0.4) is 0 Å². The number of hydrogen-bond acceptors (Lipinski definition) is 4. The Morgan fingerprint density at radius 1 is 1.26 bits per heavy atom. The van der Waals surface area contributed by atoms with Crippen LogP contribution in [0.1, 0.15) is 39.5 Å². The summed E-state index contributed by atoms with van der Waals surface area (Å²) in [7, 11) is -3.11. The summed E-state index contributed by atoms with van der Waals surface area (Å²) in [6.07, 6.45) is 4.26. The summed E-state index contributed by atoms with van der Waals surface area (Å²) < 4.78 is 26.4. The van der Waals surface area contributed by atoms with Gasteiger partial charge in [-0.15, -0.1) is 0 Å². The fraction of sp³-hybridized carbons (Fsp3) is 1.00. The van der Waals surface area contributed by atoms with Gasteiger partial charge in [0.2, 0.25) is 10.0 Å². The second-order valence-electron chi connectivity index (χ2n) is 5.18. The Morgan fingerprint density at radius 3 is 2.58 bits per heavy atom. The van der Waals surface area contributed by atoms with E-state index in [1.807, 2.05) is 0 Å². The number of piperidine rings is 1. The standard InChI is InChI=1S/C13H29N3O2S/c1-3-16(4-2)11-10-15-19(17,18)12-8-13-7-5-6-9-14-13/h13-15H,3-12H2,1-2H3. The monoisotopic (exact) mass is 291 g/mol. The van der Waals surface area contributed by atoms with E-state index < -0.39 is 10.0 Å². The minimum absolute atomic E-state index is 0.239. The Balaban J connectivity index is 2.19. The van der Waals surface area contributed by atoms with Gasteiger partial charge in [0.25, 0.3) is 0 Å². The molecule has 1 aliphatic heterocycles. The molecule has 19 heavy (non-hydrogen) atoms. The molecule has 0 aromatic carbocycles. The third-order valence-corrected chi connectivity index (χ3v) is 5.21. The molecule has 1 aliphatic rings. The highest BCUT2D eigenvalue weighted by molar-refractivity contribution is 7.89. The summed E-state index contributed by atoms with van der Waals surface area (Å²) in [6, 6.07) is 0.383. The van der Waals surface area contributed by atoms with Crippen LogP contribution in [0, 0.1) is 0 Å². The van der Waals surface area contributed by atoms with Crippen molar-refractivity contribution in [3.63, 3.8) is 0 Å². The molecule has 0 bridgehead atoms. The van der Waals surface area contributed by atoms with E-state index in [-0.39, 0.29) is 5.75 Å². The Kier molecular flexibility index (Phi) is 7.90. The van der Waals surface area contributed by atoms with Gasteiger partial charge in [-0.25, -0.2) is 13.1 Å². The lowest BCUT2D eigenvalue weighted by Gasteiger charge is -2.23. The van der Waals surface area contributed by atoms with Crippen molar-refractivity contribution in [1.82, 2.24) is 14.9 Å². The zero-order chi connectivity index (χ0) is 14.1. The third kappa shape index (κ3) is 7.25.